The molecule has 1 heterocycles. The van der Waals surface area contributed by atoms with Gasteiger partial charge in [-0.3, -0.25) is 11.3 Å². The summed E-state index contributed by atoms with van der Waals surface area (Å²) in [6, 6.07) is 0.565. The van der Waals surface area contributed by atoms with Crippen molar-refractivity contribution in [2.75, 3.05) is 13.2 Å². The molecule has 0 bridgehead atoms. The molecule has 1 aliphatic heterocycles. The molecule has 0 aromatic carbocycles. The van der Waals surface area contributed by atoms with Gasteiger partial charge < -0.3 is 4.74 Å². The van der Waals surface area contributed by atoms with Crippen LogP contribution in [0.3, 0.4) is 0 Å². The predicted octanol–water partition coefficient (Wildman–Crippen LogP) is 3.39. The summed E-state index contributed by atoms with van der Waals surface area (Å²) in [6.45, 7) is 1.97. The minimum absolute atomic E-state index is 0.565. The van der Waals surface area contributed by atoms with Crippen molar-refractivity contribution in [2.24, 2.45) is 17.7 Å². The molecule has 0 amide bonds. The second kappa shape index (κ2) is 8.93. The average Bonchev–Trinajstić information content (AvgIpc) is 2.49. The maximum Gasteiger partial charge on any atom is 0.0468 e. The molecule has 2 aliphatic rings. The van der Waals surface area contributed by atoms with E-state index in [1.165, 1.54) is 70.6 Å². The fourth-order valence-electron chi connectivity index (χ4n) is 3.82. The van der Waals surface area contributed by atoms with Crippen LogP contribution in [0.1, 0.15) is 70.6 Å². The standard InChI is InChI=1S/C16H32N2O/c17-18-16(15-7-2-1-3-8-15)9-5-4-6-14-10-12-19-13-11-14/h14-16,18H,1-13,17H2. The van der Waals surface area contributed by atoms with Crippen LogP contribution in [0.2, 0.25) is 0 Å². The highest BCUT2D eigenvalue weighted by molar-refractivity contribution is 4.78. The third-order valence-corrected chi connectivity index (χ3v) is 5.15. The van der Waals surface area contributed by atoms with E-state index in [4.69, 9.17) is 10.6 Å². The van der Waals surface area contributed by atoms with Gasteiger partial charge in [0.1, 0.15) is 0 Å². The van der Waals surface area contributed by atoms with Crippen molar-refractivity contribution in [1.29, 1.82) is 0 Å². The summed E-state index contributed by atoms with van der Waals surface area (Å²) in [4.78, 5) is 0. The lowest BCUT2D eigenvalue weighted by molar-refractivity contribution is 0.0629. The number of rotatable bonds is 7. The molecule has 1 atom stereocenters. The van der Waals surface area contributed by atoms with E-state index in [0.29, 0.717) is 6.04 Å². The molecule has 1 unspecified atom stereocenters. The maximum atomic E-state index is 5.76. The lowest BCUT2D eigenvalue weighted by atomic mass is 9.82. The molecular weight excluding hydrogens is 236 g/mol. The predicted molar refractivity (Wildman–Crippen MR) is 79.7 cm³/mol. The average molecular weight is 268 g/mol. The molecule has 0 spiro atoms. The molecule has 19 heavy (non-hydrogen) atoms. The molecule has 1 saturated carbocycles. The van der Waals surface area contributed by atoms with Gasteiger partial charge in [-0.2, -0.15) is 0 Å². The Morgan fingerprint density at radius 1 is 1.00 bits per heavy atom. The molecular formula is C16H32N2O. The molecule has 3 N–H and O–H groups in total. The molecule has 1 saturated heterocycles. The minimum Gasteiger partial charge on any atom is -0.381 e. The van der Waals surface area contributed by atoms with E-state index in [1.807, 2.05) is 0 Å². The van der Waals surface area contributed by atoms with Gasteiger partial charge in [0.2, 0.25) is 0 Å². The largest absolute Gasteiger partial charge is 0.381 e. The van der Waals surface area contributed by atoms with Crippen LogP contribution in [-0.4, -0.2) is 19.3 Å². The lowest BCUT2D eigenvalue weighted by Gasteiger charge is -2.30. The van der Waals surface area contributed by atoms with Crippen LogP contribution in [0.15, 0.2) is 0 Å². The van der Waals surface area contributed by atoms with Crippen LogP contribution in [0.25, 0.3) is 0 Å². The Bertz CT molecular complexity index is 223. The van der Waals surface area contributed by atoms with Crippen molar-refractivity contribution in [1.82, 2.24) is 5.43 Å². The summed E-state index contributed by atoms with van der Waals surface area (Å²) in [5.74, 6) is 7.52. The van der Waals surface area contributed by atoms with E-state index in [2.05, 4.69) is 5.43 Å². The summed E-state index contributed by atoms with van der Waals surface area (Å²) < 4.78 is 5.41. The van der Waals surface area contributed by atoms with Gasteiger partial charge in [-0.1, -0.05) is 38.5 Å². The normalized spacial score (nSPS) is 24.5. The van der Waals surface area contributed by atoms with Crippen LogP contribution in [0.5, 0.6) is 0 Å². The highest BCUT2D eigenvalue weighted by Gasteiger charge is 2.22. The SMILES string of the molecule is NNC(CCCCC1CCOCC1)C1CCCCC1. The van der Waals surface area contributed by atoms with Gasteiger partial charge in [0.25, 0.3) is 0 Å². The molecule has 2 rings (SSSR count). The molecule has 1 aliphatic carbocycles. The lowest BCUT2D eigenvalue weighted by Crippen LogP contribution is -2.41. The minimum atomic E-state index is 0.565. The highest BCUT2D eigenvalue weighted by Crippen LogP contribution is 2.29. The van der Waals surface area contributed by atoms with Gasteiger partial charge in [-0.05, 0) is 43.9 Å². The van der Waals surface area contributed by atoms with E-state index in [9.17, 15) is 0 Å². The monoisotopic (exact) mass is 268 g/mol. The topological polar surface area (TPSA) is 47.3 Å². The van der Waals surface area contributed by atoms with Gasteiger partial charge in [0, 0.05) is 19.3 Å². The van der Waals surface area contributed by atoms with E-state index in [-0.39, 0.29) is 0 Å². The summed E-state index contributed by atoms with van der Waals surface area (Å²) in [6.07, 6.45) is 14.9. The van der Waals surface area contributed by atoms with Crippen LogP contribution in [0, 0.1) is 11.8 Å². The number of unbranched alkanes of at least 4 members (excludes halogenated alkanes) is 1. The van der Waals surface area contributed by atoms with Crippen molar-refractivity contribution < 1.29 is 4.74 Å². The third kappa shape index (κ3) is 5.41. The first-order valence-corrected chi connectivity index (χ1v) is 8.44. The van der Waals surface area contributed by atoms with Gasteiger partial charge in [0.15, 0.2) is 0 Å². The Hall–Kier alpha value is -0.120. The second-order valence-corrected chi connectivity index (χ2v) is 6.51. The summed E-state index contributed by atoms with van der Waals surface area (Å²) in [5.41, 5.74) is 3.09. The molecule has 0 aromatic rings. The molecule has 3 heteroatoms. The molecule has 2 fully saturated rings. The van der Waals surface area contributed by atoms with Gasteiger partial charge in [0.05, 0.1) is 0 Å². The number of nitrogens with two attached hydrogens (primary N) is 1. The van der Waals surface area contributed by atoms with E-state index in [0.717, 1.165) is 25.0 Å². The first-order chi connectivity index (χ1) is 9.40. The Labute approximate surface area is 118 Å². The number of hydrogen-bond acceptors (Lipinski definition) is 3. The van der Waals surface area contributed by atoms with Crippen LogP contribution >= 0.6 is 0 Å². The zero-order chi connectivity index (χ0) is 13.3. The van der Waals surface area contributed by atoms with Crippen molar-refractivity contribution in [2.45, 2.75) is 76.7 Å². The molecule has 112 valence electrons. The number of nitrogens with one attached hydrogen (secondary N) is 1. The second-order valence-electron chi connectivity index (χ2n) is 6.51. The Morgan fingerprint density at radius 3 is 2.42 bits per heavy atom. The van der Waals surface area contributed by atoms with Crippen LogP contribution < -0.4 is 11.3 Å². The van der Waals surface area contributed by atoms with Crippen molar-refractivity contribution in [3.63, 3.8) is 0 Å². The van der Waals surface area contributed by atoms with Crippen molar-refractivity contribution >= 4 is 0 Å². The molecule has 3 nitrogen and oxygen atoms in total. The summed E-state index contributed by atoms with van der Waals surface area (Å²) in [5, 5.41) is 0. The van der Waals surface area contributed by atoms with Gasteiger partial charge in [-0.25, -0.2) is 0 Å². The Kier molecular flexibility index (Phi) is 7.18. The number of hydrazine groups is 1. The Morgan fingerprint density at radius 2 is 1.74 bits per heavy atom. The smallest absolute Gasteiger partial charge is 0.0468 e. The van der Waals surface area contributed by atoms with Crippen LogP contribution in [0.4, 0.5) is 0 Å². The zero-order valence-electron chi connectivity index (χ0n) is 12.4. The van der Waals surface area contributed by atoms with E-state index < -0.39 is 0 Å². The number of ether oxygens (including phenoxy) is 1. The number of hydrogen-bond donors (Lipinski definition) is 2. The third-order valence-electron chi connectivity index (χ3n) is 5.15. The quantitative estimate of drug-likeness (QED) is 0.423. The first kappa shape index (κ1) is 15.3. The highest BCUT2D eigenvalue weighted by atomic mass is 16.5. The maximum absolute atomic E-state index is 5.76. The fourth-order valence-corrected chi connectivity index (χ4v) is 3.82. The first-order valence-electron chi connectivity index (χ1n) is 8.44. The van der Waals surface area contributed by atoms with Gasteiger partial charge in [-0.15, -0.1) is 0 Å². The fraction of sp³-hybridized carbons (Fsp3) is 1.00. The van der Waals surface area contributed by atoms with E-state index in [1.54, 1.807) is 0 Å². The molecule has 0 aromatic heterocycles. The Balaban J connectivity index is 1.57. The summed E-state index contributed by atoms with van der Waals surface area (Å²) >= 11 is 0. The van der Waals surface area contributed by atoms with Crippen molar-refractivity contribution in [3.05, 3.63) is 0 Å². The van der Waals surface area contributed by atoms with Crippen molar-refractivity contribution in [3.8, 4) is 0 Å². The van der Waals surface area contributed by atoms with Gasteiger partial charge >= 0.3 is 0 Å². The van der Waals surface area contributed by atoms with Crippen LogP contribution in [-0.2, 0) is 4.74 Å². The summed E-state index contributed by atoms with van der Waals surface area (Å²) in [7, 11) is 0. The zero-order valence-corrected chi connectivity index (χ0v) is 12.4. The molecule has 0 radical (unpaired) electrons. The van der Waals surface area contributed by atoms with E-state index >= 15 is 0 Å².